The molecule has 0 fully saturated rings. The molecule has 0 aliphatic carbocycles. The van der Waals surface area contributed by atoms with E-state index in [1.165, 1.54) is 67.5 Å². The molecule has 12 nitrogen and oxygen atoms in total. The molecule has 190 valence electrons. The SMILES string of the molecule is CC(C)(O)C(=O)Nc1cc(NC(=O)C(C)(C)O)c(NC(=O)C(C)(C)O)cc1NC(=O)C(C)(C)O. The highest BCUT2D eigenvalue weighted by Crippen LogP contribution is 2.35. The molecule has 0 aliphatic heterocycles. The van der Waals surface area contributed by atoms with Crippen molar-refractivity contribution in [2.24, 2.45) is 0 Å². The van der Waals surface area contributed by atoms with Crippen LogP contribution in [-0.4, -0.2) is 66.5 Å². The number of hydrogen-bond donors (Lipinski definition) is 8. The van der Waals surface area contributed by atoms with Gasteiger partial charge >= 0.3 is 0 Å². The van der Waals surface area contributed by atoms with Gasteiger partial charge in [0.2, 0.25) is 0 Å². The lowest BCUT2D eigenvalue weighted by atomic mass is 10.1. The third kappa shape index (κ3) is 8.06. The van der Waals surface area contributed by atoms with Crippen molar-refractivity contribution < 1.29 is 39.6 Å². The van der Waals surface area contributed by atoms with E-state index in [-0.39, 0.29) is 22.7 Å². The van der Waals surface area contributed by atoms with E-state index >= 15 is 0 Å². The quantitative estimate of drug-likeness (QED) is 0.262. The van der Waals surface area contributed by atoms with Crippen molar-refractivity contribution in [1.29, 1.82) is 0 Å². The highest BCUT2D eigenvalue weighted by molar-refractivity contribution is 6.09. The first kappa shape index (κ1) is 29.0. The summed E-state index contributed by atoms with van der Waals surface area (Å²) in [6.45, 7) is 9.83. The summed E-state index contributed by atoms with van der Waals surface area (Å²) in [7, 11) is 0. The van der Waals surface area contributed by atoms with Gasteiger partial charge in [0.1, 0.15) is 22.4 Å². The molecule has 1 aromatic carbocycles. The molecule has 1 rings (SSSR count). The monoisotopic (exact) mass is 482 g/mol. The van der Waals surface area contributed by atoms with E-state index in [9.17, 15) is 39.6 Å². The molecule has 1 aromatic rings. The van der Waals surface area contributed by atoms with Gasteiger partial charge in [-0.25, -0.2) is 0 Å². The molecule has 0 saturated carbocycles. The smallest absolute Gasteiger partial charge is 0.255 e. The van der Waals surface area contributed by atoms with Crippen LogP contribution in [0, 0.1) is 0 Å². The minimum atomic E-state index is -1.82. The third-order valence-corrected chi connectivity index (χ3v) is 4.37. The van der Waals surface area contributed by atoms with Crippen LogP contribution in [-0.2, 0) is 19.2 Å². The predicted octanol–water partition coefficient (Wildman–Crippen LogP) is 0.524. The lowest BCUT2D eigenvalue weighted by molar-refractivity contribution is -0.131. The molecule has 12 heteroatoms. The van der Waals surface area contributed by atoms with Gasteiger partial charge in [-0.1, -0.05) is 0 Å². The number of amides is 4. The van der Waals surface area contributed by atoms with Gasteiger partial charge in [-0.3, -0.25) is 19.2 Å². The largest absolute Gasteiger partial charge is 0.381 e. The summed E-state index contributed by atoms with van der Waals surface area (Å²) in [4.78, 5) is 49.6. The van der Waals surface area contributed by atoms with Crippen molar-refractivity contribution in [2.45, 2.75) is 77.8 Å². The second kappa shape index (κ2) is 9.66. The number of carbonyl (C=O) groups excluding carboxylic acids is 4. The number of anilines is 4. The lowest BCUT2D eigenvalue weighted by Crippen LogP contribution is -2.40. The fourth-order valence-corrected chi connectivity index (χ4v) is 2.11. The molecule has 4 amide bonds. The van der Waals surface area contributed by atoms with Crippen LogP contribution < -0.4 is 21.3 Å². The highest BCUT2D eigenvalue weighted by atomic mass is 16.3. The topological polar surface area (TPSA) is 197 Å². The van der Waals surface area contributed by atoms with Gasteiger partial charge in [-0.15, -0.1) is 0 Å². The molecule has 0 aliphatic rings. The Hall–Kier alpha value is -3.06. The zero-order valence-electron chi connectivity index (χ0n) is 20.6. The minimum absolute atomic E-state index is 0.1000. The predicted molar refractivity (Wildman–Crippen MR) is 126 cm³/mol. The fourth-order valence-electron chi connectivity index (χ4n) is 2.11. The average Bonchev–Trinajstić information content (AvgIpc) is 2.61. The Morgan fingerprint density at radius 3 is 0.735 bits per heavy atom. The van der Waals surface area contributed by atoms with E-state index in [2.05, 4.69) is 21.3 Å². The maximum absolute atomic E-state index is 12.4. The molecule has 0 heterocycles. The molecule has 0 aromatic heterocycles. The van der Waals surface area contributed by atoms with E-state index < -0.39 is 46.0 Å². The van der Waals surface area contributed by atoms with E-state index in [4.69, 9.17) is 0 Å². The molecule has 8 N–H and O–H groups in total. The van der Waals surface area contributed by atoms with Gasteiger partial charge in [0.15, 0.2) is 0 Å². The molecule has 34 heavy (non-hydrogen) atoms. The summed E-state index contributed by atoms with van der Waals surface area (Å²) in [6, 6.07) is 2.35. The van der Waals surface area contributed by atoms with Crippen molar-refractivity contribution in [3.8, 4) is 0 Å². The lowest BCUT2D eigenvalue weighted by Gasteiger charge is -2.25. The summed E-state index contributed by atoms with van der Waals surface area (Å²) in [5.41, 5.74) is -7.67. The van der Waals surface area contributed by atoms with Crippen LogP contribution in [0.25, 0.3) is 0 Å². The summed E-state index contributed by atoms with van der Waals surface area (Å²) in [6.07, 6.45) is 0. The van der Waals surface area contributed by atoms with Crippen molar-refractivity contribution in [3.05, 3.63) is 12.1 Å². The molecular formula is C22H34N4O8. The van der Waals surface area contributed by atoms with Gasteiger partial charge in [0.05, 0.1) is 22.7 Å². The zero-order chi connectivity index (χ0) is 26.9. The van der Waals surface area contributed by atoms with Crippen LogP contribution in [0.2, 0.25) is 0 Å². The maximum atomic E-state index is 12.4. The summed E-state index contributed by atoms with van der Waals surface area (Å²) in [5.74, 6) is -3.45. The standard InChI is InChI=1S/C22H34N4O8/c1-19(2,31)15(27)23-11-9-13(25-17(29)21(5,6)33)14(26-18(30)22(7,8)34)10-12(11)24-16(28)20(3,4)32/h9-10,31-34H,1-8H3,(H,23,27)(H,24,28)(H,25,29)(H,26,30). The number of nitrogens with one attached hydrogen (secondary N) is 4. The van der Waals surface area contributed by atoms with Gasteiger partial charge in [0, 0.05) is 0 Å². The Labute approximate surface area is 197 Å². The van der Waals surface area contributed by atoms with E-state index in [0.717, 1.165) is 0 Å². The zero-order valence-corrected chi connectivity index (χ0v) is 20.6. The molecule has 0 unspecified atom stereocenters. The van der Waals surface area contributed by atoms with Crippen molar-refractivity contribution in [1.82, 2.24) is 0 Å². The van der Waals surface area contributed by atoms with Crippen LogP contribution in [0.15, 0.2) is 12.1 Å². The Kier molecular flexibility index (Phi) is 8.23. The molecule has 0 saturated heterocycles. The Balaban J connectivity index is 3.72. The second-order valence-corrected chi connectivity index (χ2v) is 10.00. The maximum Gasteiger partial charge on any atom is 0.255 e. The number of aliphatic hydroxyl groups is 4. The Bertz CT molecular complexity index is 823. The summed E-state index contributed by atoms with van der Waals surface area (Å²) < 4.78 is 0. The van der Waals surface area contributed by atoms with E-state index in [1.807, 2.05) is 0 Å². The van der Waals surface area contributed by atoms with Crippen molar-refractivity contribution in [3.63, 3.8) is 0 Å². The first-order valence-corrected chi connectivity index (χ1v) is 10.4. The molecule has 0 spiro atoms. The number of carbonyl (C=O) groups is 4. The van der Waals surface area contributed by atoms with Gasteiger partial charge in [-0.2, -0.15) is 0 Å². The summed E-state index contributed by atoms with van der Waals surface area (Å²) >= 11 is 0. The molecule has 0 radical (unpaired) electrons. The molecular weight excluding hydrogens is 448 g/mol. The van der Waals surface area contributed by atoms with Crippen LogP contribution in [0.1, 0.15) is 55.4 Å². The van der Waals surface area contributed by atoms with Crippen molar-refractivity contribution in [2.75, 3.05) is 21.3 Å². The highest BCUT2D eigenvalue weighted by Gasteiger charge is 2.31. The van der Waals surface area contributed by atoms with Crippen LogP contribution in [0.3, 0.4) is 0 Å². The first-order valence-electron chi connectivity index (χ1n) is 10.4. The first-order chi connectivity index (χ1) is 15.0. The van der Waals surface area contributed by atoms with Crippen molar-refractivity contribution >= 4 is 46.4 Å². The normalized spacial score (nSPS) is 12.6. The molecule has 0 atom stereocenters. The van der Waals surface area contributed by atoms with E-state index in [1.54, 1.807) is 0 Å². The van der Waals surface area contributed by atoms with Crippen LogP contribution in [0.4, 0.5) is 22.7 Å². The van der Waals surface area contributed by atoms with Gasteiger partial charge in [0.25, 0.3) is 23.6 Å². The third-order valence-electron chi connectivity index (χ3n) is 4.37. The Morgan fingerprint density at radius 2 is 0.618 bits per heavy atom. The second-order valence-electron chi connectivity index (χ2n) is 10.00. The minimum Gasteiger partial charge on any atom is -0.381 e. The van der Waals surface area contributed by atoms with Gasteiger partial charge in [-0.05, 0) is 67.5 Å². The van der Waals surface area contributed by atoms with Crippen LogP contribution >= 0.6 is 0 Å². The average molecular weight is 483 g/mol. The number of hydrogen-bond acceptors (Lipinski definition) is 8. The molecule has 0 bridgehead atoms. The summed E-state index contributed by atoms with van der Waals surface area (Å²) in [5, 5.41) is 49.7. The number of benzene rings is 1. The Morgan fingerprint density at radius 1 is 0.471 bits per heavy atom. The van der Waals surface area contributed by atoms with Crippen LogP contribution in [0.5, 0.6) is 0 Å². The van der Waals surface area contributed by atoms with Gasteiger partial charge < -0.3 is 41.7 Å². The fraction of sp³-hybridized carbons (Fsp3) is 0.545. The van der Waals surface area contributed by atoms with E-state index in [0.29, 0.717) is 0 Å². The number of rotatable bonds is 8.